The molecule has 0 radical (unpaired) electrons. The van der Waals surface area contributed by atoms with Crippen molar-refractivity contribution in [3.63, 3.8) is 0 Å². The van der Waals surface area contributed by atoms with Crippen molar-refractivity contribution in [2.45, 2.75) is 6.92 Å². The van der Waals surface area contributed by atoms with Crippen LogP contribution in [-0.4, -0.2) is 5.91 Å². The van der Waals surface area contributed by atoms with Crippen molar-refractivity contribution >= 4 is 5.91 Å². The summed E-state index contributed by atoms with van der Waals surface area (Å²) in [6, 6.07) is 7.07. The van der Waals surface area contributed by atoms with Crippen LogP contribution >= 0.6 is 0 Å². The average molecular weight is 160 g/mol. The first-order chi connectivity index (χ1) is 5.74. The van der Waals surface area contributed by atoms with E-state index in [0.29, 0.717) is 5.56 Å². The molecule has 1 aromatic rings. The number of aryl methyl sites for hydroxylation is 1. The van der Waals surface area contributed by atoms with Crippen LogP contribution in [0.5, 0.6) is 0 Å². The number of rotatable bonds is 1. The summed E-state index contributed by atoms with van der Waals surface area (Å²) in [5.41, 5.74) is 1.51. The number of carbonyl (C=O) groups excluding carboxylic acids is 1. The predicted molar refractivity (Wildman–Crippen MR) is 44.3 cm³/mol. The van der Waals surface area contributed by atoms with Gasteiger partial charge in [-0.1, -0.05) is 17.7 Å². The van der Waals surface area contributed by atoms with E-state index in [1.165, 1.54) is 0 Å². The Hall–Kier alpha value is -1.82. The Morgan fingerprint density at radius 2 is 2.33 bits per heavy atom. The normalized spacial score (nSPS) is 8.67. The fourth-order valence-corrected chi connectivity index (χ4v) is 0.909. The van der Waals surface area contributed by atoms with E-state index in [2.05, 4.69) is 5.32 Å². The lowest BCUT2D eigenvalue weighted by atomic mass is 10.1. The van der Waals surface area contributed by atoms with E-state index in [4.69, 9.17) is 5.26 Å². The van der Waals surface area contributed by atoms with Crippen molar-refractivity contribution in [1.82, 2.24) is 5.32 Å². The SMILES string of the molecule is Cc1cccc(C(=O)NC#N)c1. The molecule has 0 heterocycles. The van der Waals surface area contributed by atoms with E-state index in [1.54, 1.807) is 24.4 Å². The number of amides is 1. The quantitative estimate of drug-likeness (QED) is 0.495. The number of benzene rings is 1. The van der Waals surface area contributed by atoms with E-state index in [9.17, 15) is 4.79 Å². The Bertz CT molecular complexity index is 339. The van der Waals surface area contributed by atoms with Gasteiger partial charge in [-0.2, -0.15) is 5.26 Å². The minimum Gasteiger partial charge on any atom is -0.268 e. The molecular weight excluding hydrogens is 152 g/mol. The van der Waals surface area contributed by atoms with Crippen LogP contribution in [0.4, 0.5) is 0 Å². The molecule has 0 saturated heterocycles. The fourth-order valence-electron chi connectivity index (χ4n) is 0.909. The van der Waals surface area contributed by atoms with Crippen molar-refractivity contribution in [2.75, 3.05) is 0 Å². The molecule has 0 saturated carbocycles. The van der Waals surface area contributed by atoms with E-state index in [-0.39, 0.29) is 5.91 Å². The van der Waals surface area contributed by atoms with Gasteiger partial charge in [-0.25, -0.2) is 0 Å². The monoisotopic (exact) mass is 160 g/mol. The summed E-state index contributed by atoms with van der Waals surface area (Å²) in [5.74, 6) is -0.360. The highest BCUT2D eigenvalue weighted by Crippen LogP contribution is 2.02. The third kappa shape index (κ3) is 1.83. The van der Waals surface area contributed by atoms with Gasteiger partial charge in [-0.15, -0.1) is 0 Å². The third-order valence-corrected chi connectivity index (χ3v) is 1.45. The number of hydrogen-bond donors (Lipinski definition) is 1. The first kappa shape index (κ1) is 8.28. The maximum absolute atomic E-state index is 11.1. The summed E-state index contributed by atoms with van der Waals surface area (Å²) < 4.78 is 0. The largest absolute Gasteiger partial charge is 0.268 e. The van der Waals surface area contributed by atoms with E-state index >= 15 is 0 Å². The van der Waals surface area contributed by atoms with Gasteiger partial charge in [0.05, 0.1) is 0 Å². The van der Waals surface area contributed by atoms with E-state index in [0.717, 1.165) is 5.56 Å². The maximum atomic E-state index is 11.1. The van der Waals surface area contributed by atoms with Crippen LogP contribution in [-0.2, 0) is 0 Å². The number of carbonyl (C=O) groups is 1. The molecule has 0 atom stereocenters. The van der Waals surface area contributed by atoms with Crippen molar-refractivity contribution in [3.05, 3.63) is 35.4 Å². The molecule has 0 aliphatic carbocycles. The molecule has 1 N–H and O–H groups in total. The van der Waals surface area contributed by atoms with Crippen molar-refractivity contribution in [1.29, 1.82) is 5.26 Å². The molecule has 1 aromatic carbocycles. The van der Waals surface area contributed by atoms with Crippen LogP contribution < -0.4 is 5.32 Å². The van der Waals surface area contributed by atoms with Crippen LogP contribution in [0.15, 0.2) is 24.3 Å². The molecule has 1 rings (SSSR count). The standard InChI is InChI=1S/C9H8N2O/c1-7-3-2-4-8(5-7)9(12)11-6-10/h2-5H,1H3,(H,11,12). The van der Waals surface area contributed by atoms with Crippen molar-refractivity contribution < 1.29 is 4.79 Å². The van der Waals surface area contributed by atoms with E-state index in [1.807, 2.05) is 13.0 Å². The Morgan fingerprint density at radius 1 is 1.58 bits per heavy atom. The van der Waals surface area contributed by atoms with Crippen LogP contribution in [0, 0.1) is 18.4 Å². The van der Waals surface area contributed by atoms with Crippen LogP contribution in [0.2, 0.25) is 0 Å². The highest BCUT2D eigenvalue weighted by Gasteiger charge is 2.02. The molecule has 0 aromatic heterocycles. The van der Waals surface area contributed by atoms with Gasteiger partial charge in [0.2, 0.25) is 0 Å². The summed E-state index contributed by atoms with van der Waals surface area (Å²) in [6.07, 6.45) is 1.59. The highest BCUT2D eigenvalue weighted by atomic mass is 16.1. The molecule has 0 aliphatic rings. The molecule has 12 heavy (non-hydrogen) atoms. The maximum Gasteiger partial charge on any atom is 0.264 e. The summed E-state index contributed by atoms with van der Waals surface area (Å²) in [4.78, 5) is 11.1. The van der Waals surface area contributed by atoms with Crippen LogP contribution in [0.25, 0.3) is 0 Å². The second kappa shape index (κ2) is 3.54. The Labute approximate surface area is 70.6 Å². The number of nitrogens with zero attached hydrogens (tertiary/aromatic N) is 1. The average Bonchev–Trinajstić information content (AvgIpc) is 2.05. The predicted octanol–water partition coefficient (Wildman–Crippen LogP) is 1.21. The van der Waals surface area contributed by atoms with Gasteiger partial charge in [0, 0.05) is 5.56 Å². The number of nitrogens with one attached hydrogen (secondary N) is 1. The molecule has 0 aliphatic heterocycles. The number of nitriles is 1. The lowest BCUT2D eigenvalue weighted by Gasteiger charge is -1.97. The smallest absolute Gasteiger partial charge is 0.264 e. The zero-order chi connectivity index (χ0) is 8.97. The molecule has 3 heteroatoms. The van der Waals surface area contributed by atoms with Crippen LogP contribution in [0.1, 0.15) is 15.9 Å². The van der Waals surface area contributed by atoms with E-state index < -0.39 is 0 Å². The van der Waals surface area contributed by atoms with Gasteiger partial charge in [0.15, 0.2) is 6.19 Å². The lowest BCUT2D eigenvalue weighted by Crippen LogP contribution is -2.17. The van der Waals surface area contributed by atoms with Gasteiger partial charge >= 0.3 is 0 Å². The molecular formula is C9H8N2O. The zero-order valence-corrected chi connectivity index (χ0v) is 6.66. The molecule has 3 nitrogen and oxygen atoms in total. The fraction of sp³-hybridized carbons (Fsp3) is 0.111. The van der Waals surface area contributed by atoms with Gasteiger partial charge in [0.1, 0.15) is 0 Å². The van der Waals surface area contributed by atoms with Crippen molar-refractivity contribution in [2.24, 2.45) is 0 Å². The third-order valence-electron chi connectivity index (χ3n) is 1.45. The lowest BCUT2D eigenvalue weighted by molar-refractivity contribution is 0.0973. The second-order valence-electron chi connectivity index (χ2n) is 2.44. The Kier molecular flexibility index (Phi) is 2.44. The molecule has 0 bridgehead atoms. The second-order valence-corrected chi connectivity index (χ2v) is 2.44. The van der Waals surface area contributed by atoms with Gasteiger partial charge in [0.25, 0.3) is 5.91 Å². The first-order valence-corrected chi connectivity index (χ1v) is 3.50. The summed E-state index contributed by atoms with van der Waals surface area (Å²) >= 11 is 0. The minimum atomic E-state index is -0.360. The van der Waals surface area contributed by atoms with Gasteiger partial charge in [-0.05, 0) is 19.1 Å². The zero-order valence-electron chi connectivity index (χ0n) is 6.66. The molecule has 0 unspecified atom stereocenters. The highest BCUT2D eigenvalue weighted by molar-refractivity contribution is 5.95. The molecule has 1 amide bonds. The summed E-state index contributed by atoms with van der Waals surface area (Å²) in [7, 11) is 0. The van der Waals surface area contributed by atoms with Crippen molar-refractivity contribution in [3.8, 4) is 6.19 Å². The van der Waals surface area contributed by atoms with Gasteiger partial charge in [-0.3, -0.25) is 10.1 Å². The minimum absolute atomic E-state index is 0.360. The molecule has 0 fully saturated rings. The Balaban J connectivity index is 2.90. The number of hydrogen-bond acceptors (Lipinski definition) is 2. The topological polar surface area (TPSA) is 52.9 Å². The van der Waals surface area contributed by atoms with Gasteiger partial charge < -0.3 is 0 Å². The molecule has 60 valence electrons. The molecule has 0 spiro atoms. The summed E-state index contributed by atoms with van der Waals surface area (Å²) in [5, 5.41) is 10.2. The summed E-state index contributed by atoms with van der Waals surface area (Å²) in [6.45, 7) is 1.89. The van der Waals surface area contributed by atoms with Crippen LogP contribution in [0.3, 0.4) is 0 Å². The first-order valence-electron chi connectivity index (χ1n) is 3.50. The Morgan fingerprint density at radius 3 is 2.92 bits per heavy atom.